The van der Waals surface area contributed by atoms with Gasteiger partial charge in [-0.1, -0.05) is 13.8 Å². The Morgan fingerprint density at radius 2 is 1.71 bits per heavy atom. The lowest BCUT2D eigenvalue weighted by Crippen LogP contribution is -1.80. The second kappa shape index (κ2) is 3.11. The minimum Gasteiger partial charge on any atom is -0.746 e. The summed E-state index contributed by atoms with van der Waals surface area (Å²) in [5.74, 6) is 0. The van der Waals surface area contributed by atoms with E-state index < -0.39 is 5.24 Å². The van der Waals surface area contributed by atoms with Gasteiger partial charge >= 0.3 is 0 Å². The van der Waals surface area contributed by atoms with Crippen LogP contribution in [0, 0.1) is 0 Å². The van der Waals surface area contributed by atoms with Crippen molar-refractivity contribution in [1.82, 2.24) is 0 Å². The first-order chi connectivity index (χ1) is 3.12. The molecule has 7 heavy (non-hydrogen) atoms. The second-order valence-electron chi connectivity index (χ2n) is 1.45. The van der Waals surface area contributed by atoms with Crippen molar-refractivity contribution in [3.63, 3.8) is 0 Å². The normalized spacial score (nSPS) is 11.9. The Bertz CT molecular complexity index is 81.7. The average molecular weight is 153 g/mol. The first-order valence-corrected chi connectivity index (χ1v) is 6.60. The molecule has 0 atom stereocenters. The summed E-state index contributed by atoms with van der Waals surface area (Å²) in [7, 11) is 0. The molecule has 0 rings (SSSR count). The molecule has 0 heterocycles. The molecular weight excluding hydrogens is 143 g/mol. The van der Waals surface area contributed by atoms with Gasteiger partial charge in [-0.3, -0.25) is 0 Å². The van der Waals surface area contributed by atoms with Crippen molar-refractivity contribution < 1.29 is 0 Å². The average Bonchev–Trinajstić information content (AvgIpc) is 1.68. The van der Waals surface area contributed by atoms with Gasteiger partial charge in [0.05, 0.1) is 0 Å². The maximum atomic E-state index is 5.07. The summed E-state index contributed by atoms with van der Waals surface area (Å²) in [6, 6.07) is 0. The summed E-state index contributed by atoms with van der Waals surface area (Å²) in [5.41, 5.74) is 0. The molecule has 0 nitrogen and oxygen atoms in total. The molecule has 0 spiro atoms. The molecule has 44 valence electrons. The van der Waals surface area contributed by atoms with Gasteiger partial charge in [0.15, 0.2) is 0 Å². The zero-order valence-corrected chi connectivity index (χ0v) is 7.21. The predicted octanol–water partition coefficient (Wildman–Crippen LogP) is 1.97. The van der Waals surface area contributed by atoms with Crippen LogP contribution in [0.4, 0.5) is 0 Å². The van der Waals surface area contributed by atoms with E-state index in [9.17, 15) is 0 Å². The van der Waals surface area contributed by atoms with Crippen LogP contribution >= 0.6 is 5.24 Å². The van der Waals surface area contributed by atoms with Crippen molar-refractivity contribution in [3.05, 3.63) is 0 Å². The lowest BCUT2D eigenvalue weighted by atomic mass is 11.0. The molecule has 0 aliphatic heterocycles. The van der Waals surface area contributed by atoms with E-state index in [0.29, 0.717) is 0 Å². The molecule has 0 aliphatic carbocycles. The number of hydrogen-bond donors (Lipinski definition) is 0. The molecule has 0 saturated carbocycles. The summed E-state index contributed by atoms with van der Waals surface area (Å²) in [6.45, 7) is 4.16. The third kappa shape index (κ3) is 3.57. The first kappa shape index (κ1) is 8.00. The third-order valence-electron chi connectivity index (χ3n) is 0.964. The number of rotatable bonds is 2. The van der Waals surface area contributed by atoms with E-state index in [4.69, 9.17) is 24.1 Å². The Morgan fingerprint density at radius 3 is 1.71 bits per heavy atom. The van der Waals surface area contributed by atoms with Crippen molar-refractivity contribution in [1.29, 1.82) is 0 Å². The lowest BCUT2D eigenvalue weighted by molar-refractivity contribution is 1.44. The molecule has 0 aromatic heterocycles. The molecule has 0 aliphatic rings. The van der Waals surface area contributed by atoms with Gasteiger partial charge in [-0.2, -0.15) is 5.24 Å². The Kier molecular flexibility index (Phi) is 3.56. The summed E-state index contributed by atoms with van der Waals surface area (Å²) >= 11 is 10.1. The van der Waals surface area contributed by atoms with E-state index in [0.717, 1.165) is 12.3 Å². The highest BCUT2D eigenvalue weighted by atomic mass is 32.9. The topological polar surface area (TPSA) is 0 Å². The molecule has 0 unspecified atom stereocenters. The van der Waals surface area contributed by atoms with E-state index in [-0.39, 0.29) is 0 Å². The van der Waals surface area contributed by atoms with Gasteiger partial charge in [-0.25, -0.2) is 0 Å². The fraction of sp³-hybridized carbons (Fsp3) is 1.00. The van der Waals surface area contributed by atoms with Crippen LogP contribution in [0.5, 0.6) is 0 Å². The first-order valence-electron chi connectivity index (χ1n) is 2.41. The SMILES string of the molecule is CCP(=S)([S-])CC. The second-order valence-corrected chi connectivity index (χ2v) is 9.23. The summed E-state index contributed by atoms with van der Waals surface area (Å²) in [6.07, 6.45) is 2.07. The Hall–Kier alpha value is 1.00. The monoisotopic (exact) mass is 153 g/mol. The zero-order valence-electron chi connectivity index (χ0n) is 4.68. The van der Waals surface area contributed by atoms with Gasteiger partial charge in [-0.05, 0) is 12.3 Å². The van der Waals surface area contributed by atoms with Gasteiger partial charge in [0.1, 0.15) is 0 Å². The molecule has 0 fully saturated rings. The van der Waals surface area contributed by atoms with Crippen molar-refractivity contribution in [2.24, 2.45) is 0 Å². The molecule has 3 heteroatoms. The van der Waals surface area contributed by atoms with Gasteiger partial charge in [0.25, 0.3) is 0 Å². The molecule has 0 aromatic carbocycles. The van der Waals surface area contributed by atoms with Gasteiger partial charge in [0.2, 0.25) is 0 Å². The minimum absolute atomic E-state index is 1.04. The molecule has 0 radical (unpaired) electrons. The van der Waals surface area contributed by atoms with E-state index in [1.54, 1.807) is 0 Å². The van der Waals surface area contributed by atoms with Crippen LogP contribution in [0.15, 0.2) is 0 Å². The Morgan fingerprint density at radius 1 is 1.43 bits per heavy atom. The summed E-state index contributed by atoms with van der Waals surface area (Å²) < 4.78 is 0. The van der Waals surface area contributed by atoms with Crippen LogP contribution in [0.3, 0.4) is 0 Å². The quantitative estimate of drug-likeness (QED) is 0.439. The maximum Gasteiger partial charge on any atom is -0.0467 e. The van der Waals surface area contributed by atoms with Crippen molar-refractivity contribution in [2.75, 3.05) is 12.3 Å². The largest absolute Gasteiger partial charge is 0.746 e. The zero-order chi connectivity index (χ0) is 5.91. The molecule has 0 aromatic rings. The number of hydrogen-bond acceptors (Lipinski definition) is 2. The maximum absolute atomic E-state index is 5.07. The lowest BCUT2D eigenvalue weighted by Gasteiger charge is -2.24. The van der Waals surface area contributed by atoms with E-state index in [2.05, 4.69) is 13.8 Å². The van der Waals surface area contributed by atoms with Crippen LogP contribution in [-0.2, 0) is 24.1 Å². The fourth-order valence-corrected chi connectivity index (χ4v) is 0.671. The van der Waals surface area contributed by atoms with E-state index in [1.807, 2.05) is 0 Å². The molecule has 0 N–H and O–H groups in total. The Balaban J connectivity index is 3.61. The summed E-state index contributed by atoms with van der Waals surface area (Å²) in [5, 5.41) is -1.24. The fourth-order valence-electron chi connectivity index (χ4n) is 0.224. The highest BCUT2D eigenvalue weighted by molar-refractivity contribution is 8.55. The van der Waals surface area contributed by atoms with Crippen LogP contribution in [-0.4, -0.2) is 12.3 Å². The van der Waals surface area contributed by atoms with Crippen LogP contribution in [0.25, 0.3) is 0 Å². The Labute approximate surface area is 55.9 Å². The van der Waals surface area contributed by atoms with E-state index in [1.165, 1.54) is 0 Å². The van der Waals surface area contributed by atoms with Crippen LogP contribution < -0.4 is 0 Å². The standard InChI is InChI=1S/C4H11PS2/c1-3-5(6,7)4-2/h3-4H2,1-2H3,(H,6,7)/p-1. The smallest absolute Gasteiger partial charge is 0.0467 e. The minimum atomic E-state index is -1.24. The third-order valence-corrected chi connectivity index (χ3v) is 5.99. The molecular formula is C4H10PS2-. The van der Waals surface area contributed by atoms with Crippen LogP contribution in [0.2, 0.25) is 0 Å². The van der Waals surface area contributed by atoms with Crippen LogP contribution in [0.1, 0.15) is 13.8 Å². The van der Waals surface area contributed by atoms with Crippen molar-refractivity contribution in [2.45, 2.75) is 13.8 Å². The van der Waals surface area contributed by atoms with Gasteiger partial charge in [0, 0.05) is 0 Å². The highest BCUT2D eigenvalue weighted by Gasteiger charge is 1.88. The molecule has 0 bridgehead atoms. The summed E-state index contributed by atoms with van der Waals surface area (Å²) in [4.78, 5) is 0. The predicted molar refractivity (Wildman–Crippen MR) is 42.7 cm³/mol. The molecule has 0 saturated heterocycles. The van der Waals surface area contributed by atoms with Gasteiger partial charge < -0.3 is 12.2 Å². The molecule has 0 amide bonds. The van der Waals surface area contributed by atoms with Crippen molar-refractivity contribution >= 4 is 29.3 Å². The van der Waals surface area contributed by atoms with E-state index >= 15 is 0 Å². The van der Waals surface area contributed by atoms with Crippen molar-refractivity contribution in [3.8, 4) is 0 Å². The highest BCUT2D eigenvalue weighted by Crippen LogP contribution is 2.41. The van der Waals surface area contributed by atoms with Gasteiger partial charge in [-0.15, -0.1) is 11.8 Å².